The fourth-order valence-electron chi connectivity index (χ4n) is 4.18. The Morgan fingerprint density at radius 1 is 1.06 bits per heavy atom. The normalized spacial score (nSPS) is 21.1. The van der Waals surface area contributed by atoms with Gasteiger partial charge in [0.2, 0.25) is 5.91 Å². The lowest BCUT2D eigenvalue weighted by Crippen LogP contribution is -2.40. The smallest absolute Gasteiger partial charge is 0.285 e. The molecule has 2 atom stereocenters. The topological polar surface area (TPSA) is 94.1 Å². The first-order valence-electron chi connectivity index (χ1n) is 10.8. The molecule has 2 aliphatic rings. The van der Waals surface area contributed by atoms with E-state index in [1.807, 2.05) is 18.2 Å². The number of amides is 1. The number of hydrazine groups is 1. The molecular weight excluding hydrogens is 426 g/mol. The van der Waals surface area contributed by atoms with Gasteiger partial charge in [-0.05, 0) is 37.0 Å². The highest BCUT2D eigenvalue weighted by Gasteiger charge is 2.31. The first-order chi connectivity index (χ1) is 15.3. The summed E-state index contributed by atoms with van der Waals surface area (Å²) >= 11 is 0. The van der Waals surface area contributed by atoms with Crippen LogP contribution in [0.25, 0.3) is 0 Å². The van der Waals surface area contributed by atoms with E-state index in [-0.39, 0.29) is 17.3 Å². The second-order valence-corrected chi connectivity index (χ2v) is 9.96. The van der Waals surface area contributed by atoms with E-state index in [0.717, 1.165) is 19.3 Å². The van der Waals surface area contributed by atoms with Crippen molar-refractivity contribution in [1.82, 2.24) is 20.7 Å². The van der Waals surface area contributed by atoms with E-state index in [9.17, 15) is 13.2 Å². The molecule has 2 aromatic rings. The molecule has 170 valence electrons. The Hall–Kier alpha value is -2.75. The molecule has 0 spiro atoms. The molecule has 2 aromatic carbocycles. The van der Waals surface area contributed by atoms with E-state index >= 15 is 0 Å². The van der Waals surface area contributed by atoms with Gasteiger partial charge in [0.15, 0.2) is 5.84 Å². The molecule has 1 fully saturated rings. The number of nitrogens with one attached hydrogen (secondary N) is 2. The van der Waals surface area contributed by atoms with E-state index in [1.165, 1.54) is 11.6 Å². The third-order valence-electron chi connectivity index (χ3n) is 6.00. The molecule has 32 heavy (non-hydrogen) atoms. The van der Waals surface area contributed by atoms with Crippen LogP contribution in [0, 0.1) is 0 Å². The SMILES string of the molecule is CN(CCCC1CC(c2ccccc2)NN1)C(=O)CN(C)C1=NS(=O)(=O)c2ccccc21. The van der Waals surface area contributed by atoms with Crippen molar-refractivity contribution in [2.45, 2.75) is 36.2 Å². The lowest BCUT2D eigenvalue weighted by atomic mass is 10.00. The Bertz CT molecular complexity index is 1100. The maximum atomic E-state index is 12.7. The zero-order chi connectivity index (χ0) is 22.7. The summed E-state index contributed by atoms with van der Waals surface area (Å²) in [4.78, 5) is 16.2. The molecule has 0 bridgehead atoms. The molecule has 2 N–H and O–H groups in total. The van der Waals surface area contributed by atoms with Gasteiger partial charge in [-0.15, -0.1) is 4.40 Å². The Labute approximate surface area is 189 Å². The maximum absolute atomic E-state index is 12.7. The Morgan fingerprint density at radius 2 is 1.78 bits per heavy atom. The summed E-state index contributed by atoms with van der Waals surface area (Å²) in [5, 5.41) is 0. The van der Waals surface area contributed by atoms with Gasteiger partial charge in [0, 0.05) is 38.3 Å². The lowest BCUT2D eigenvalue weighted by molar-refractivity contribution is -0.130. The first-order valence-corrected chi connectivity index (χ1v) is 12.2. The summed E-state index contributed by atoms with van der Waals surface area (Å²) in [6, 6.07) is 17.7. The molecule has 9 heteroatoms. The number of benzene rings is 2. The summed E-state index contributed by atoms with van der Waals surface area (Å²) < 4.78 is 28.4. The van der Waals surface area contributed by atoms with Crippen LogP contribution in [0.15, 0.2) is 63.9 Å². The molecule has 0 aliphatic carbocycles. The van der Waals surface area contributed by atoms with Crippen molar-refractivity contribution < 1.29 is 13.2 Å². The minimum Gasteiger partial charge on any atom is -0.349 e. The van der Waals surface area contributed by atoms with Gasteiger partial charge in [0.05, 0.1) is 6.54 Å². The number of likely N-dealkylation sites (N-methyl/N-ethyl adjacent to an activating group) is 2. The Balaban J connectivity index is 1.24. The van der Waals surface area contributed by atoms with Crippen LogP contribution >= 0.6 is 0 Å². The first kappa shape index (κ1) is 22.4. The van der Waals surface area contributed by atoms with Gasteiger partial charge in [0.25, 0.3) is 10.0 Å². The Morgan fingerprint density at radius 3 is 2.56 bits per heavy atom. The number of nitrogens with zero attached hydrogens (tertiary/aromatic N) is 3. The third-order valence-corrected chi connectivity index (χ3v) is 7.33. The number of carbonyl (C=O) groups excluding carboxylic acids is 1. The van der Waals surface area contributed by atoms with Crippen LogP contribution in [0.2, 0.25) is 0 Å². The quantitative estimate of drug-likeness (QED) is 0.663. The summed E-state index contributed by atoms with van der Waals surface area (Å²) in [5.74, 6) is 0.243. The number of carbonyl (C=O) groups is 1. The fraction of sp³-hybridized carbons (Fsp3) is 0.391. The largest absolute Gasteiger partial charge is 0.349 e. The monoisotopic (exact) mass is 455 g/mol. The number of hydrogen-bond acceptors (Lipinski definition) is 6. The van der Waals surface area contributed by atoms with Crippen LogP contribution in [0.5, 0.6) is 0 Å². The van der Waals surface area contributed by atoms with Crippen molar-refractivity contribution in [2.24, 2.45) is 4.40 Å². The lowest BCUT2D eigenvalue weighted by Gasteiger charge is -2.23. The predicted octanol–water partition coefficient (Wildman–Crippen LogP) is 1.91. The number of amidine groups is 1. The van der Waals surface area contributed by atoms with Gasteiger partial charge in [-0.25, -0.2) is 0 Å². The van der Waals surface area contributed by atoms with Gasteiger partial charge >= 0.3 is 0 Å². The van der Waals surface area contributed by atoms with Crippen LogP contribution < -0.4 is 10.9 Å². The van der Waals surface area contributed by atoms with E-state index in [1.54, 1.807) is 42.1 Å². The zero-order valence-corrected chi connectivity index (χ0v) is 19.2. The van der Waals surface area contributed by atoms with Crippen molar-refractivity contribution in [1.29, 1.82) is 0 Å². The Kier molecular flexibility index (Phi) is 6.59. The van der Waals surface area contributed by atoms with Gasteiger partial charge < -0.3 is 9.80 Å². The summed E-state index contributed by atoms with van der Waals surface area (Å²) in [6.07, 6.45) is 2.85. The minimum atomic E-state index is -3.70. The average Bonchev–Trinajstić information content (AvgIpc) is 3.37. The predicted molar refractivity (Wildman–Crippen MR) is 124 cm³/mol. The highest BCUT2D eigenvalue weighted by molar-refractivity contribution is 7.90. The third kappa shape index (κ3) is 4.85. The van der Waals surface area contributed by atoms with Gasteiger partial charge in [0.1, 0.15) is 4.90 Å². The van der Waals surface area contributed by atoms with Gasteiger partial charge in [-0.1, -0.05) is 42.5 Å². The highest BCUT2D eigenvalue weighted by Crippen LogP contribution is 2.27. The summed E-state index contributed by atoms with van der Waals surface area (Å²) in [5.41, 5.74) is 8.53. The van der Waals surface area contributed by atoms with Crippen molar-refractivity contribution in [2.75, 3.05) is 27.2 Å². The van der Waals surface area contributed by atoms with Crippen molar-refractivity contribution in [3.8, 4) is 0 Å². The van der Waals surface area contributed by atoms with E-state index in [0.29, 0.717) is 30.0 Å². The molecular formula is C23H29N5O3S. The van der Waals surface area contributed by atoms with E-state index in [2.05, 4.69) is 27.4 Å². The molecule has 1 saturated heterocycles. The molecule has 1 amide bonds. The van der Waals surface area contributed by atoms with Crippen LogP contribution in [0.1, 0.15) is 36.4 Å². The van der Waals surface area contributed by atoms with Crippen LogP contribution in [0.3, 0.4) is 0 Å². The molecule has 0 saturated carbocycles. The molecule has 0 aromatic heterocycles. The standard InChI is InChI=1S/C23H29N5O3S/c1-27(14-8-11-18-15-20(25-24-18)17-9-4-3-5-10-17)22(29)16-28(2)23-19-12-6-7-13-21(19)32(30,31)26-23/h3-7,9-10,12-13,18,20,24-25H,8,11,14-16H2,1-2H3. The van der Waals surface area contributed by atoms with Crippen LogP contribution in [-0.2, 0) is 14.8 Å². The van der Waals surface area contributed by atoms with Crippen molar-refractivity contribution in [3.05, 3.63) is 65.7 Å². The second-order valence-electron chi connectivity index (χ2n) is 8.38. The average molecular weight is 456 g/mol. The molecule has 2 unspecified atom stereocenters. The summed E-state index contributed by atoms with van der Waals surface area (Å²) in [7, 11) is -0.219. The van der Waals surface area contributed by atoms with Crippen LogP contribution in [0.4, 0.5) is 0 Å². The minimum absolute atomic E-state index is 0.0680. The van der Waals surface area contributed by atoms with Gasteiger partial charge in [-0.3, -0.25) is 15.6 Å². The van der Waals surface area contributed by atoms with E-state index < -0.39 is 10.0 Å². The number of sulfonamides is 1. The molecule has 2 heterocycles. The molecule has 4 rings (SSSR count). The molecule has 8 nitrogen and oxygen atoms in total. The number of fused-ring (bicyclic) bond motifs is 1. The van der Waals surface area contributed by atoms with E-state index in [4.69, 9.17) is 0 Å². The number of hydrogen-bond donors (Lipinski definition) is 2. The highest BCUT2D eigenvalue weighted by atomic mass is 32.2. The van der Waals surface area contributed by atoms with Crippen molar-refractivity contribution >= 4 is 21.8 Å². The molecule has 2 aliphatic heterocycles. The van der Waals surface area contributed by atoms with Crippen molar-refractivity contribution in [3.63, 3.8) is 0 Å². The summed E-state index contributed by atoms with van der Waals surface area (Å²) in [6.45, 7) is 0.709. The van der Waals surface area contributed by atoms with Gasteiger partial charge in [-0.2, -0.15) is 8.42 Å². The maximum Gasteiger partial charge on any atom is 0.285 e. The number of rotatable bonds is 7. The molecule has 0 radical (unpaired) electrons. The second kappa shape index (κ2) is 9.40. The van der Waals surface area contributed by atoms with Crippen LogP contribution in [-0.4, -0.2) is 63.2 Å². The fourth-order valence-corrected chi connectivity index (χ4v) is 5.43. The zero-order valence-electron chi connectivity index (χ0n) is 18.4.